The van der Waals surface area contributed by atoms with Gasteiger partial charge in [0.1, 0.15) is 5.82 Å². The number of carbonyl (C=O) groups is 3. The van der Waals surface area contributed by atoms with Crippen LogP contribution in [0.3, 0.4) is 0 Å². The summed E-state index contributed by atoms with van der Waals surface area (Å²) in [5.41, 5.74) is 7.60. The first-order valence-corrected chi connectivity index (χ1v) is 13.3. The van der Waals surface area contributed by atoms with Crippen molar-refractivity contribution in [1.29, 1.82) is 0 Å². The maximum atomic E-state index is 12.5. The summed E-state index contributed by atoms with van der Waals surface area (Å²) >= 11 is 0. The molecule has 1 saturated carbocycles. The van der Waals surface area contributed by atoms with E-state index in [2.05, 4.69) is 15.2 Å². The first-order valence-electron chi connectivity index (χ1n) is 13.3. The molecule has 3 fully saturated rings. The molecule has 3 amide bonds. The van der Waals surface area contributed by atoms with Crippen LogP contribution in [0.1, 0.15) is 60.5 Å². The van der Waals surface area contributed by atoms with Gasteiger partial charge >= 0.3 is 12.0 Å². The number of urea groups is 1. The van der Waals surface area contributed by atoms with Crippen LogP contribution in [0.2, 0.25) is 0 Å². The van der Waals surface area contributed by atoms with Gasteiger partial charge in [0.25, 0.3) is 5.91 Å². The minimum Gasteiger partial charge on any atom is -0.481 e. The summed E-state index contributed by atoms with van der Waals surface area (Å²) in [5, 5.41) is 12.3. The van der Waals surface area contributed by atoms with Gasteiger partial charge in [-0.1, -0.05) is 12.1 Å². The predicted octanol–water partition coefficient (Wildman–Crippen LogP) is 3.01. The second kappa shape index (κ2) is 10.8. The van der Waals surface area contributed by atoms with Crippen molar-refractivity contribution in [2.75, 3.05) is 43.4 Å². The van der Waals surface area contributed by atoms with Crippen LogP contribution in [0.5, 0.6) is 0 Å². The Balaban J connectivity index is 1.29. The largest absolute Gasteiger partial charge is 0.481 e. The average molecular weight is 522 g/mol. The molecule has 0 bridgehead atoms. The highest BCUT2D eigenvalue weighted by Crippen LogP contribution is 2.40. The van der Waals surface area contributed by atoms with Crippen molar-refractivity contribution in [3.05, 3.63) is 41.7 Å². The molecule has 4 N–H and O–H groups in total. The van der Waals surface area contributed by atoms with Gasteiger partial charge in [0.15, 0.2) is 11.5 Å². The molecule has 1 aliphatic carbocycles. The summed E-state index contributed by atoms with van der Waals surface area (Å²) < 4.78 is 0. The number of likely N-dealkylation sites (N-methyl/N-ethyl adjacent to an activating group) is 1. The number of piperidine rings is 1. The molecule has 11 heteroatoms. The van der Waals surface area contributed by atoms with Gasteiger partial charge in [-0.25, -0.2) is 14.8 Å². The van der Waals surface area contributed by atoms with E-state index in [-0.39, 0.29) is 30.1 Å². The zero-order valence-corrected chi connectivity index (χ0v) is 21.7. The predicted molar refractivity (Wildman–Crippen MR) is 143 cm³/mol. The molecular weight excluding hydrogens is 486 g/mol. The summed E-state index contributed by atoms with van der Waals surface area (Å²) in [6.07, 6.45) is 6.47. The molecule has 1 aromatic heterocycles. The summed E-state index contributed by atoms with van der Waals surface area (Å²) in [7, 11) is 1.82. The van der Waals surface area contributed by atoms with Crippen LogP contribution in [-0.2, 0) is 4.79 Å². The standard InChI is InChI=1S/C27H35N7O4/c1-32-11-12-34(27(32)38)21-3-2-10-33(16-21)22-15-29-24(25(28)37)26(31-22)30-20-8-6-18(7-9-20)19-5-4-17(13-19)14-23(35)36/h6-9,15,17,19,21H,2-5,10-14,16H2,1H3,(H2,28,37)(H,30,31)(H,35,36)/t17?,19?,21-/m1/s1. The van der Waals surface area contributed by atoms with Gasteiger partial charge in [0, 0.05) is 45.3 Å². The van der Waals surface area contributed by atoms with Gasteiger partial charge < -0.3 is 30.9 Å². The van der Waals surface area contributed by atoms with Crippen molar-refractivity contribution < 1.29 is 19.5 Å². The molecule has 0 spiro atoms. The van der Waals surface area contributed by atoms with Gasteiger partial charge in [-0.3, -0.25) is 9.59 Å². The fourth-order valence-electron chi connectivity index (χ4n) is 6.01. The lowest BCUT2D eigenvalue weighted by molar-refractivity contribution is -0.138. The molecule has 2 aliphatic heterocycles. The number of anilines is 3. The molecule has 38 heavy (non-hydrogen) atoms. The zero-order valence-electron chi connectivity index (χ0n) is 21.7. The van der Waals surface area contributed by atoms with E-state index < -0.39 is 11.9 Å². The number of primary amides is 1. The summed E-state index contributed by atoms with van der Waals surface area (Å²) in [6, 6.07) is 8.12. The van der Waals surface area contributed by atoms with E-state index in [4.69, 9.17) is 15.8 Å². The number of nitrogens with one attached hydrogen (secondary N) is 1. The minimum absolute atomic E-state index is 0.0628. The zero-order chi connectivity index (χ0) is 26.8. The van der Waals surface area contributed by atoms with Gasteiger partial charge in [-0.2, -0.15) is 0 Å². The van der Waals surface area contributed by atoms with E-state index in [0.717, 1.165) is 57.4 Å². The molecule has 3 aliphatic rings. The lowest BCUT2D eigenvalue weighted by Crippen LogP contribution is -2.49. The van der Waals surface area contributed by atoms with E-state index in [1.807, 2.05) is 36.2 Å². The van der Waals surface area contributed by atoms with Crippen LogP contribution in [0.25, 0.3) is 0 Å². The molecule has 3 heterocycles. The lowest BCUT2D eigenvalue weighted by atomic mass is 9.95. The number of aromatic nitrogens is 2. The quantitative estimate of drug-likeness (QED) is 0.481. The van der Waals surface area contributed by atoms with Crippen molar-refractivity contribution in [2.24, 2.45) is 11.7 Å². The van der Waals surface area contributed by atoms with Crippen molar-refractivity contribution in [3.8, 4) is 0 Å². The second-order valence-corrected chi connectivity index (χ2v) is 10.7. The van der Waals surface area contributed by atoms with E-state index in [0.29, 0.717) is 24.1 Å². The van der Waals surface area contributed by atoms with Crippen LogP contribution < -0.4 is 16.0 Å². The molecule has 2 saturated heterocycles. The van der Waals surface area contributed by atoms with Gasteiger partial charge in [-0.05, 0) is 61.6 Å². The molecule has 202 valence electrons. The number of carbonyl (C=O) groups excluding carboxylic acids is 2. The van der Waals surface area contributed by atoms with Crippen molar-refractivity contribution in [3.63, 3.8) is 0 Å². The highest BCUT2D eigenvalue weighted by molar-refractivity contribution is 5.96. The monoisotopic (exact) mass is 521 g/mol. The smallest absolute Gasteiger partial charge is 0.320 e. The maximum Gasteiger partial charge on any atom is 0.320 e. The highest BCUT2D eigenvalue weighted by atomic mass is 16.4. The van der Waals surface area contributed by atoms with Crippen LogP contribution in [0, 0.1) is 5.92 Å². The third-order valence-corrected chi connectivity index (χ3v) is 8.05. The minimum atomic E-state index is -0.735. The van der Waals surface area contributed by atoms with E-state index in [1.165, 1.54) is 5.56 Å². The number of amides is 3. The number of hydrogen-bond donors (Lipinski definition) is 3. The SMILES string of the molecule is CN1CCN([C@@H]2CCCN(c3cnc(C(N)=O)c(Nc4ccc(C5CCC(CC(=O)O)C5)cc4)n3)C2)C1=O. The van der Waals surface area contributed by atoms with Gasteiger partial charge in [-0.15, -0.1) is 0 Å². The number of benzene rings is 1. The third-order valence-electron chi connectivity index (χ3n) is 8.05. The summed E-state index contributed by atoms with van der Waals surface area (Å²) in [4.78, 5) is 50.5. The number of nitrogens with two attached hydrogens (primary N) is 1. The highest BCUT2D eigenvalue weighted by Gasteiger charge is 2.35. The first-order chi connectivity index (χ1) is 18.3. The molecule has 0 radical (unpaired) electrons. The first kappa shape index (κ1) is 25.7. The van der Waals surface area contributed by atoms with Gasteiger partial charge in [0.2, 0.25) is 0 Å². The molecule has 3 atom stereocenters. The number of aliphatic carboxylic acids is 1. The van der Waals surface area contributed by atoms with Crippen LogP contribution >= 0.6 is 0 Å². The molecule has 11 nitrogen and oxygen atoms in total. The number of carboxylic acids is 1. The van der Waals surface area contributed by atoms with E-state index in [1.54, 1.807) is 11.1 Å². The molecule has 5 rings (SSSR count). The van der Waals surface area contributed by atoms with Crippen molar-refractivity contribution in [1.82, 2.24) is 19.8 Å². The number of carboxylic acid groups (broad SMARTS) is 1. The van der Waals surface area contributed by atoms with Crippen LogP contribution in [-0.4, -0.2) is 82.1 Å². The van der Waals surface area contributed by atoms with Gasteiger partial charge in [0.05, 0.1) is 12.2 Å². The topological polar surface area (TPSA) is 145 Å². The van der Waals surface area contributed by atoms with Crippen molar-refractivity contribution in [2.45, 2.75) is 50.5 Å². The summed E-state index contributed by atoms with van der Waals surface area (Å²) in [5.74, 6) is 0.109. The fraction of sp³-hybridized carbons (Fsp3) is 0.519. The fourth-order valence-corrected chi connectivity index (χ4v) is 6.01. The Kier molecular flexibility index (Phi) is 7.35. The van der Waals surface area contributed by atoms with Crippen LogP contribution in [0.15, 0.2) is 30.5 Å². The normalized spacial score (nSPS) is 23.7. The maximum absolute atomic E-state index is 12.5. The Bertz CT molecular complexity index is 1200. The lowest BCUT2D eigenvalue weighted by Gasteiger charge is -2.37. The Morgan fingerprint density at radius 2 is 1.92 bits per heavy atom. The Morgan fingerprint density at radius 1 is 1.13 bits per heavy atom. The van der Waals surface area contributed by atoms with E-state index in [9.17, 15) is 14.4 Å². The Morgan fingerprint density at radius 3 is 2.61 bits per heavy atom. The van der Waals surface area contributed by atoms with E-state index >= 15 is 0 Å². The number of rotatable bonds is 8. The number of hydrogen-bond acceptors (Lipinski definition) is 7. The molecule has 1 aromatic carbocycles. The number of nitrogens with zero attached hydrogens (tertiary/aromatic N) is 5. The average Bonchev–Trinajstić information content (AvgIpc) is 3.50. The molecule has 2 unspecified atom stereocenters. The Labute approximate surface area is 222 Å². The third kappa shape index (κ3) is 5.51. The molecule has 2 aromatic rings. The Hall–Kier alpha value is -3.89. The molecular formula is C27H35N7O4. The van der Waals surface area contributed by atoms with Crippen molar-refractivity contribution >= 4 is 35.2 Å². The summed E-state index contributed by atoms with van der Waals surface area (Å²) in [6.45, 7) is 2.91. The second-order valence-electron chi connectivity index (χ2n) is 10.7. The van der Waals surface area contributed by atoms with Crippen LogP contribution in [0.4, 0.5) is 22.1 Å².